The van der Waals surface area contributed by atoms with Crippen LogP contribution in [0.5, 0.6) is 11.8 Å². The average Bonchev–Trinajstić information content (AvgIpc) is 2.80. The third-order valence-electron chi connectivity index (χ3n) is 6.04. The van der Waals surface area contributed by atoms with Crippen molar-refractivity contribution < 1.29 is 14.3 Å². The summed E-state index contributed by atoms with van der Waals surface area (Å²) in [6.45, 7) is 4.74. The minimum atomic E-state index is -0.261. The molecule has 6 heteroatoms. The minimum Gasteiger partial charge on any atom is -0.463 e. The van der Waals surface area contributed by atoms with Crippen molar-refractivity contribution >= 4 is 21.9 Å². The maximum atomic E-state index is 11.5. The van der Waals surface area contributed by atoms with Crippen LogP contribution in [0.25, 0.3) is 11.1 Å². The summed E-state index contributed by atoms with van der Waals surface area (Å²) in [4.78, 5) is 20.3. The Kier molecular flexibility index (Phi) is 9.31. The van der Waals surface area contributed by atoms with E-state index in [1.165, 1.54) is 51.4 Å². The molecular weight excluding hydrogens is 456 g/mol. The number of esters is 1. The highest BCUT2D eigenvalue weighted by molar-refractivity contribution is 9.10. The Morgan fingerprint density at radius 2 is 1.74 bits per heavy atom. The Labute approximate surface area is 194 Å². The lowest BCUT2D eigenvalue weighted by Crippen LogP contribution is -2.20. The van der Waals surface area contributed by atoms with Gasteiger partial charge in [-0.25, -0.2) is 9.97 Å². The fourth-order valence-corrected chi connectivity index (χ4v) is 4.52. The largest absolute Gasteiger partial charge is 0.463 e. The smallest absolute Gasteiger partial charge is 0.316 e. The summed E-state index contributed by atoms with van der Waals surface area (Å²) in [5, 5.41) is 0. The van der Waals surface area contributed by atoms with Crippen LogP contribution in [0.3, 0.4) is 0 Å². The molecule has 1 heterocycles. The van der Waals surface area contributed by atoms with Gasteiger partial charge in [-0.3, -0.25) is 4.79 Å². The van der Waals surface area contributed by atoms with E-state index in [9.17, 15) is 4.79 Å². The van der Waals surface area contributed by atoms with E-state index in [1.807, 2.05) is 12.1 Å². The van der Waals surface area contributed by atoms with E-state index in [1.54, 1.807) is 25.4 Å². The molecule has 0 saturated heterocycles. The highest BCUT2D eigenvalue weighted by atomic mass is 79.9. The number of ether oxygens (including phenoxy) is 2. The Morgan fingerprint density at radius 3 is 2.39 bits per heavy atom. The van der Waals surface area contributed by atoms with Crippen molar-refractivity contribution in [1.29, 1.82) is 0 Å². The van der Waals surface area contributed by atoms with Gasteiger partial charge in [0.25, 0.3) is 0 Å². The van der Waals surface area contributed by atoms with Gasteiger partial charge in [-0.15, -0.1) is 0 Å². The summed E-state index contributed by atoms with van der Waals surface area (Å²) in [6.07, 6.45) is 14.5. The number of rotatable bonds is 10. The number of hydrogen-bond acceptors (Lipinski definition) is 5. The van der Waals surface area contributed by atoms with Crippen LogP contribution in [0.15, 0.2) is 35.1 Å². The first-order valence-electron chi connectivity index (χ1n) is 11.5. The number of benzene rings is 1. The van der Waals surface area contributed by atoms with Crippen LogP contribution in [0.4, 0.5) is 0 Å². The Morgan fingerprint density at radius 1 is 1.03 bits per heavy atom. The second kappa shape index (κ2) is 12.2. The van der Waals surface area contributed by atoms with E-state index >= 15 is 0 Å². The molecule has 0 aliphatic heterocycles. The van der Waals surface area contributed by atoms with Crippen LogP contribution >= 0.6 is 15.9 Å². The van der Waals surface area contributed by atoms with E-state index in [4.69, 9.17) is 9.47 Å². The molecule has 1 aliphatic carbocycles. The second-order valence-corrected chi connectivity index (χ2v) is 9.28. The number of nitrogens with zero attached hydrogens (tertiary/aromatic N) is 2. The number of halogens is 1. The van der Waals surface area contributed by atoms with Crippen molar-refractivity contribution in [2.75, 3.05) is 6.61 Å². The van der Waals surface area contributed by atoms with Gasteiger partial charge in [0, 0.05) is 24.4 Å². The summed E-state index contributed by atoms with van der Waals surface area (Å²) < 4.78 is 11.9. The molecule has 2 aromatic rings. The third-order valence-corrected chi connectivity index (χ3v) is 6.66. The van der Waals surface area contributed by atoms with E-state index < -0.39 is 0 Å². The molecule has 0 unspecified atom stereocenters. The monoisotopic (exact) mass is 488 g/mol. The number of carbonyl (C=O) groups excluding carboxylic acids is 1. The van der Waals surface area contributed by atoms with E-state index in [-0.39, 0.29) is 5.97 Å². The molecule has 0 bridgehead atoms. The van der Waals surface area contributed by atoms with Crippen LogP contribution in [0.1, 0.15) is 71.6 Å². The number of aromatic nitrogens is 2. The van der Waals surface area contributed by atoms with E-state index in [0.29, 0.717) is 30.7 Å². The zero-order valence-electron chi connectivity index (χ0n) is 18.6. The minimum absolute atomic E-state index is 0.261. The molecule has 0 atom stereocenters. The van der Waals surface area contributed by atoms with Crippen molar-refractivity contribution in [2.24, 2.45) is 11.8 Å². The van der Waals surface area contributed by atoms with Crippen molar-refractivity contribution in [3.05, 3.63) is 35.1 Å². The molecule has 0 amide bonds. The first kappa shape index (κ1) is 23.7. The molecular formula is C25H33BrN2O3. The maximum absolute atomic E-state index is 11.5. The van der Waals surface area contributed by atoms with Gasteiger partial charge in [-0.1, -0.05) is 58.4 Å². The van der Waals surface area contributed by atoms with Crippen LogP contribution < -0.4 is 9.47 Å². The fourth-order valence-electron chi connectivity index (χ4n) is 4.06. The number of unbranched alkanes of at least 4 members (excludes halogenated alkanes) is 2. The van der Waals surface area contributed by atoms with Crippen LogP contribution in [0, 0.1) is 11.8 Å². The van der Waals surface area contributed by atoms with Crippen molar-refractivity contribution in [3.8, 4) is 22.9 Å². The number of hydrogen-bond donors (Lipinski definition) is 0. The van der Waals surface area contributed by atoms with Crippen molar-refractivity contribution in [2.45, 2.75) is 71.6 Å². The van der Waals surface area contributed by atoms with Gasteiger partial charge in [0.2, 0.25) is 0 Å². The molecule has 0 N–H and O–H groups in total. The second-order valence-electron chi connectivity index (χ2n) is 8.42. The van der Waals surface area contributed by atoms with Gasteiger partial charge < -0.3 is 9.47 Å². The summed E-state index contributed by atoms with van der Waals surface area (Å²) in [5.41, 5.74) is 1.82. The summed E-state index contributed by atoms with van der Waals surface area (Å²) in [7, 11) is 0. The van der Waals surface area contributed by atoms with E-state index in [2.05, 4.69) is 32.8 Å². The molecule has 0 radical (unpaired) electrons. The summed E-state index contributed by atoms with van der Waals surface area (Å²) >= 11 is 3.46. The first-order chi connectivity index (χ1) is 15.1. The molecule has 5 nitrogen and oxygen atoms in total. The summed E-state index contributed by atoms with van der Waals surface area (Å²) in [6, 6.07) is 5.99. The van der Waals surface area contributed by atoms with Gasteiger partial charge in [-0.2, -0.15) is 0 Å². The van der Waals surface area contributed by atoms with Crippen LogP contribution in [-0.4, -0.2) is 22.5 Å². The lowest BCUT2D eigenvalue weighted by molar-refractivity contribution is -0.134. The Bertz CT molecular complexity index is 833. The van der Waals surface area contributed by atoms with Crippen molar-refractivity contribution in [1.82, 2.24) is 9.97 Å². The lowest BCUT2D eigenvalue weighted by Gasteiger charge is -2.28. The van der Waals surface area contributed by atoms with Gasteiger partial charge in [0.05, 0.1) is 11.1 Å². The molecule has 1 aliphatic rings. The molecule has 1 saturated carbocycles. The quantitative estimate of drug-likeness (QED) is 0.205. The van der Waals surface area contributed by atoms with Gasteiger partial charge in [0.1, 0.15) is 5.75 Å². The maximum Gasteiger partial charge on any atom is 0.316 e. The van der Waals surface area contributed by atoms with Crippen molar-refractivity contribution in [3.63, 3.8) is 0 Å². The van der Waals surface area contributed by atoms with Crippen LogP contribution in [0.2, 0.25) is 0 Å². The van der Waals surface area contributed by atoms with E-state index in [0.717, 1.165) is 21.5 Å². The molecule has 1 fully saturated rings. The average molecular weight is 489 g/mol. The molecule has 0 spiro atoms. The molecule has 1 aromatic heterocycles. The predicted molar refractivity (Wildman–Crippen MR) is 126 cm³/mol. The van der Waals surface area contributed by atoms with Crippen LogP contribution in [-0.2, 0) is 4.79 Å². The normalized spacial score (nSPS) is 18.5. The fraction of sp³-hybridized carbons (Fsp3) is 0.560. The SMILES string of the molecule is CCCCCC1CCC(COc2ncc(-c3ccc(OC(=O)CC)c(Br)c3)cn2)CC1. The molecule has 3 rings (SSSR count). The Balaban J connectivity index is 1.47. The van der Waals surface area contributed by atoms with Gasteiger partial charge in [0.15, 0.2) is 0 Å². The molecule has 168 valence electrons. The third kappa shape index (κ3) is 7.30. The first-order valence-corrected chi connectivity index (χ1v) is 12.3. The summed E-state index contributed by atoms with van der Waals surface area (Å²) in [5.74, 6) is 1.77. The predicted octanol–water partition coefficient (Wildman–Crippen LogP) is 6.99. The zero-order valence-corrected chi connectivity index (χ0v) is 20.2. The Hall–Kier alpha value is -1.95. The highest BCUT2D eigenvalue weighted by Crippen LogP contribution is 2.33. The standard InChI is InChI=1S/C25H33BrN2O3/c1-3-5-6-7-18-8-10-19(11-9-18)17-30-25-27-15-21(16-28-25)20-12-13-23(22(26)14-20)31-24(29)4-2/h12-16,18-19H,3-11,17H2,1-2H3. The lowest BCUT2D eigenvalue weighted by atomic mass is 9.80. The highest BCUT2D eigenvalue weighted by Gasteiger charge is 2.21. The zero-order chi connectivity index (χ0) is 22.1. The van der Waals surface area contributed by atoms with Gasteiger partial charge >= 0.3 is 12.0 Å². The molecule has 31 heavy (non-hydrogen) atoms. The topological polar surface area (TPSA) is 61.3 Å². The molecule has 1 aromatic carbocycles. The van der Waals surface area contributed by atoms with Gasteiger partial charge in [-0.05, 0) is 58.3 Å². The number of carbonyl (C=O) groups is 1.